The zero-order valence-corrected chi connectivity index (χ0v) is 19.5. The Morgan fingerprint density at radius 1 is 0.208 bits per heavy atom. The Bertz CT molecular complexity index is 148. The zero-order valence-electron chi connectivity index (χ0n) is 15.9. The van der Waals surface area contributed by atoms with Crippen LogP contribution in [0.2, 0.25) is 0 Å². The Labute approximate surface area is 175 Å². The molecule has 0 nitrogen and oxygen atoms in total. The molecule has 0 aliphatic heterocycles. The van der Waals surface area contributed by atoms with Crippen molar-refractivity contribution in [3.8, 4) is 0 Å². The Balaban J connectivity index is 0. The molecule has 0 aliphatic carbocycles. The average molecular weight is 413 g/mol. The summed E-state index contributed by atoms with van der Waals surface area (Å²) >= 11 is 16.7. The maximum absolute atomic E-state index is 4.18. The van der Waals surface area contributed by atoms with Crippen molar-refractivity contribution in [3.63, 3.8) is 0 Å². The lowest BCUT2D eigenvalue weighted by Crippen LogP contribution is -1.82. The standard InChI is InChI=1S/2C10H22S2/c2*11-9-7-5-3-1-2-4-6-8-10-12/h2*11-12H,1-10H2. The van der Waals surface area contributed by atoms with Gasteiger partial charge in [0.25, 0.3) is 0 Å². The van der Waals surface area contributed by atoms with Crippen molar-refractivity contribution < 1.29 is 0 Å². The molecule has 0 aromatic heterocycles. The monoisotopic (exact) mass is 412 g/mol. The minimum Gasteiger partial charge on any atom is -0.179 e. The van der Waals surface area contributed by atoms with Gasteiger partial charge in [-0.15, -0.1) is 0 Å². The fourth-order valence-corrected chi connectivity index (χ4v) is 3.46. The second kappa shape index (κ2) is 29.2. The Morgan fingerprint density at radius 3 is 0.458 bits per heavy atom. The van der Waals surface area contributed by atoms with Crippen molar-refractivity contribution in [2.45, 2.75) is 103 Å². The zero-order chi connectivity index (χ0) is 18.1. The van der Waals surface area contributed by atoms with Gasteiger partial charge < -0.3 is 0 Å². The molecule has 0 saturated carbocycles. The predicted molar refractivity (Wildman–Crippen MR) is 129 cm³/mol. The normalized spacial score (nSPS) is 10.5. The largest absolute Gasteiger partial charge is 0.179 e. The first-order valence-electron chi connectivity index (χ1n) is 10.3. The van der Waals surface area contributed by atoms with Crippen LogP contribution in [0.4, 0.5) is 0 Å². The van der Waals surface area contributed by atoms with Crippen LogP contribution in [0.15, 0.2) is 0 Å². The van der Waals surface area contributed by atoms with Crippen LogP contribution in [0.3, 0.4) is 0 Å². The summed E-state index contributed by atoms with van der Waals surface area (Å²) in [7, 11) is 0. The lowest BCUT2D eigenvalue weighted by Gasteiger charge is -1.99. The van der Waals surface area contributed by atoms with Gasteiger partial charge in [-0.25, -0.2) is 0 Å². The van der Waals surface area contributed by atoms with Crippen LogP contribution in [-0.4, -0.2) is 23.0 Å². The smallest absolute Gasteiger partial charge is 0.00979 e. The molecular weight excluding hydrogens is 368 g/mol. The van der Waals surface area contributed by atoms with Crippen molar-refractivity contribution in [2.75, 3.05) is 23.0 Å². The number of hydrogen-bond acceptors (Lipinski definition) is 4. The minimum absolute atomic E-state index is 1.06. The van der Waals surface area contributed by atoms with Crippen molar-refractivity contribution in [2.24, 2.45) is 0 Å². The highest BCUT2D eigenvalue weighted by Gasteiger charge is 1.91. The van der Waals surface area contributed by atoms with Crippen molar-refractivity contribution in [1.29, 1.82) is 0 Å². The van der Waals surface area contributed by atoms with E-state index >= 15 is 0 Å². The molecule has 0 rings (SSSR count). The molecule has 0 radical (unpaired) electrons. The van der Waals surface area contributed by atoms with Crippen LogP contribution in [0.1, 0.15) is 103 Å². The molecule has 0 atom stereocenters. The summed E-state index contributed by atoms with van der Waals surface area (Å²) in [6.45, 7) is 0. The maximum Gasteiger partial charge on any atom is -0.00979 e. The van der Waals surface area contributed by atoms with Crippen LogP contribution in [0, 0.1) is 0 Å². The molecule has 0 aromatic rings. The third-order valence-electron chi connectivity index (χ3n) is 4.13. The molecule has 0 aliphatic rings. The van der Waals surface area contributed by atoms with Crippen LogP contribution >= 0.6 is 50.5 Å². The minimum atomic E-state index is 1.06. The second-order valence-electron chi connectivity index (χ2n) is 6.55. The fraction of sp³-hybridized carbons (Fsp3) is 1.00. The summed E-state index contributed by atoms with van der Waals surface area (Å²) < 4.78 is 0. The molecule has 0 N–H and O–H groups in total. The molecule has 0 heterocycles. The Hall–Kier alpha value is 1.40. The molecule has 0 bridgehead atoms. The van der Waals surface area contributed by atoms with E-state index in [-0.39, 0.29) is 0 Å². The summed E-state index contributed by atoms with van der Waals surface area (Å²) in [4.78, 5) is 0. The first-order valence-corrected chi connectivity index (χ1v) is 12.8. The summed E-state index contributed by atoms with van der Waals surface area (Å²) in [6, 6.07) is 0. The van der Waals surface area contributed by atoms with Crippen molar-refractivity contribution in [3.05, 3.63) is 0 Å². The van der Waals surface area contributed by atoms with E-state index in [9.17, 15) is 0 Å². The Morgan fingerprint density at radius 2 is 0.333 bits per heavy atom. The highest BCUT2D eigenvalue weighted by atomic mass is 32.1. The number of thiol groups is 4. The van der Waals surface area contributed by atoms with Crippen molar-refractivity contribution in [1.82, 2.24) is 0 Å². The van der Waals surface area contributed by atoms with Gasteiger partial charge in [-0.2, -0.15) is 50.5 Å². The van der Waals surface area contributed by atoms with E-state index in [1.807, 2.05) is 0 Å². The molecule has 0 fully saturated rings. The molecule has 0 unspecified atom stereocenters. The summed E-state index contributed by atoms with van der Waals surface area (Å²) in [5, 5.41) is 0. The van der Waals surface area contributed by atoms with Gasteiger partial charge in [0.1, 0.15) is 0 Å². The van der Waals surface area contributed by atoms with Crippen LogP contribution in [-0.2, 0) is 0 Å². The van der Waals surface area contributed by atoms with Gasteiger partial charge >= 0.3 is 0 Å². The van der Waals surface area contributed by atoms with Gasteiger partial charge in [-0.05, 0) is 48.7 Å². The first kappa shape index (κ1) is 27.6. The predicted octanol–water partition coefficient (Wildman–Crippen LogP) is 7.93. The Kier molecular flexibility index (Phi) is 33.6. The molecule has 4 heteroatoms. The molecule has 0 amide bonds. The first-order chi connectivity index (χ1) is 11.8. The second-order valence-corrected chi connectivity index (χ2v) is 8.34. The van der Waals surface area contributed by atoms with E-state index in [0.29, 0.717) is 0 Å². The van der Waals surface area contributed by atoms with E-state index in [4.69, 9.17) is 0 Å². The third kappa shape index (κ3) is 31.2. The fourth-order valence-electron chi connectivity index (χ4n) is 2.57. The van der Waals surface area contributed by atoms with Crippen molar-refractivity contribution >= 4 is 50.5 Å². The summed E-state index contributed by atoms with van der Waals surface area (Å²) in [6.07, 6.45) is 21.9. The molecule has 24 heavy (non-hydrogen) atoms. The van der Waals surface area contributed by atoms with E-state index in [0.717, 1.165) is 23.0 Å². The lowest BCUT2D eigenvalue weighted by atomic mass is 10.1. The topological polar surface area (TPSA) is 0 Å². The summed E-state index contributed by atoms with van der Waals surface area (Å²) in [5.74, 6) is 4.22. The van der Waals surface area contributed by atoms with E-state index < -0.39 is 0 Å². The van der Waals surface area contributed by atoms with Gasteiger partial charge in [-0.1, -0.05) is 77.0 Å². The highest BCUT2D eigenvalue weighted by molar-refractivity contribution is 7.80. The lowest BCUT2D eigenvalue weighted by molar-refractivity contribution is 0.588. The average Bonchev–Trinajstić information content (AvgIpc) is 2.60. The molecule has 0 saturated heterocycles. The molecule has 0 aromatic carbocycles. The highest BCUT2D eigenvalue weighted by Crippen LogP contribution is 2.09. The molecule has 148 valence electrons. The van der Waals surface area contributed by atoms with E-state index in [1.54, 1.807) is 0 Å². The van der Waals surface area contributed by atoms with Crippen LogP contribution < -0.4 is 0 Å². The van der Waals surface area contributed by atoms with Gasteiger partial charge in [0.05, 0.1) is 0 Å². The van der Waals surface area contributed by atoms with Crippen LogP contribution in [0.25, 0.3) is 0 Å². The van der Waals surface area contributed by atoms with Gasteiger partial charge in [0.15, 0.2) is 0 Å². The molecule has 0 spiro atoms. The van der Waals surface area contributed by atoms with Gasteiger partial charge in [-0.3, -0.25) is 0 Å². The maximum atomic E-state index is 4.18. The summed E-state index contributed by atoms with van der Waals surface area (Å²) in [5.41, 5.74) is 0. The van der Waals surface area contributed by atoms with Gasteiger partial charge in [0.2, 0.25) is 0 Å². The van der Waals surface area contributed by atoms with E-state index in [2.05, 4.69) is 50.5 Å². The molecular formula is C20H44S4. The SMILES string of the molecule is SCCCCCCCCCCS.SCCCCCCCCCCS. The van der Waals surface area contributed by atoms with Crippen LogP contribution in [0.5, 0.6) is 0 Å². The third-order valence-corrected chi connectivity index (χ3v) is 5.40. The van der Waals surface area contributed by atoms with E-state index in [1.165, 1.54) is 103 Å². The number of rotatable bonds is 18. The number of hydrogen-bond donors (Lipinski definition) is 4. The number of unbranched alkanes of at least 4 members (excludes halogenated alkanes) is 14. The quantitative estimate of drug-likeness (QED) is 0.127. The van der Waals surface area contributed by atoms with Gasteiger partial charge in [0, 0.05) is 0 Å².